The van der Waals surface area contributed by atoms with Crippen molar-refractivity contribution in [3.05, 3.63) is 95.7 Å². The van der Waals surface area contributed by atoms with Crippen LogP contribution in [0.5, 0.6) is 0 Å². The van der Waals surface area contributed by atoms with Gasteiger partial charge in [0.05, 0.1) is 7.11 Å². The van der Waals surface area contributed by atoms with Gasteiger partial charge in [-0.1, -0.05) is 66.7 Å². The first kappa shape index (κ1) is 28.9. The lowest BCUT2D eigenvalue weighted by molar-refractivity contribution is -0.145. The van der Waals surface area contributed by atoms with Gasteiger partial charge in [-0.2, -0.15) is 0 Å². The van der Waals surface area contributed by atoms with Crippen LogP contribution in [0.3, 0.4) is 0 Å². The Balaban J connectivity index is 1.26. The minimum Gasteiger partial charge on any atom is -0.467 e. The number of benzene rings is 3. The molecule has 0 bridgehead atoms. The van der Waals surface area contributed by atoms with Crippen LogP contribution >= 0.6 is 0 Å². The fourth-order valence-electron chi connectivity index (χ4n) is 5.67. The first-order valence-electron chi connectivity index (χ1n) is 14.2. The average molecular weight is 569 g/mol. The number of methoxy groups -OCH3 is 1. The lowest BCUT2D eigenvalue weighted by atomic mass is 9.98. The third-order valence-electron chi connectivity index (χ3n) is 7.80. The first-order chi connectivity index (χ1) is 20.5. The molecule has 0 spiro atoms. The zero-order valence-corrected chi connectivity index (χ0v) is 23.6. The predicted molar refractivity (Wildman–Crippen MR) is 161 cm³/mol. The number of aromatic nitrogens is 1. The first-order valence-corrected chi connectivity index (χ1v) is 14.2. The van der Waals surface area contributed by atoms with Crippen LogP contribution in [0, 0.1) is 0 Å². The Kier molecular flexibility index (Phi) is 9.18. The molecule has 4 aromatic rings. The van der Waals surface area contributed by atoms with Gasteiger partial charge in [-0.05, 0) is 59.7 Å². The van der Waals surface area contributed by atoms with Gasteiger partial charge < -0.3 is 30.8 Å². The number of para-hydroxylation sites is 1. The van der Waals surface area contributed by atoms with Crippen LogP contribution < -0.4 is 16.4 Å². The Labute approximate surface area is 244 Å². The Morgan fingerprint density at radius 2 is 1.55 bits per heavy atom. The van der Waals surface area contributed by atoms with Crippen molar-refractivity contribution in [2.45, 2.75) is 43.7 Å². The van der Waals surface area contributed by atoms with Crippen molar-refractivity contribution in [2.75, 3.05) is 20.3 Å². The number of hydrogen-bond acceptors (Lipinski definition) is 6. The number of H-pyrrole nitrogens is 1. The average Bonchev–Trinajstić information content (AvgIpc) is 3.57. The number of hydrogen-bond donors (Lipinski definition) is 4. The summed E-state index contributed by atoms with van der Waals surface area (Å²) in [5.74, 6) is -1.17. The van der Waals surface area contributed by atoms with Crippen molar-refractivity contribution in [3.63, 3.8) is 0 Å². The molecule has 3 aromatic carbocycles. The normalized spacial score (nSPS) is 13.6. The highest BCUT2D eigenvalue weighted by atomic mass is 16.5. The molecule has 0 fully saturated rings. The van der Waals surface area contributed by atoms with Crippen LogP contribution in [0.2, 0.25) is 0 Å². The van der Waals surface area contributed by atoms with Crippen molar-refractivity contribution in [1.82, 2.24) is 15.6 Å². The number of fused-ring (bicyclic) bond motifs is 4. The minimum atomic E-state index is -0.942. The van der Waals surface area contributed by atoms with Gasteiger partial charge >= 0.3 is 12.1 Å². The second kappa shape index (κ2) is 13.4. The van der Waals surface area contributed by atoms with Crippen LogP contribution in [0.1, 0.15) is 41.9 Å². The van der Waals surface area contributed by atoms with Gasteiger partial charge in [-0.15, -0.1) is 0 Å². The van der Waals surface area contributed by atoms with Crippen molar-refractivity contribution in [1.29, 1.82) is 0 Å². The number of nitrogens with one attached hydrogen (secondary N) is 3. The molecule has 5 N–H and O–H groups in total. The van der Waals surface area contributed by atoms with Gasteiger partial charge in [0.25, 0.3) is 0 Å². The maximum Gasteiger partial charge on any atom is 0.407 e. The molecule has 0 aliphatic heterocycles. The number of esters is 1. The van der Waals surface area contributed by atoms with Crippen molar-refractivity contribution in [2.24, 2.45) is 5.73 Å². The van der Waals surface area contributed by atoms with Crippen molar-refractivity contribution in [3.8, 4) is 11.1 Å². The van der Waals surface area contributed by atoms with E-state index in [0.29, 0.717) is 25.8 Å². The van der Waals surface area contributed by atoms with E-state index in [0.717, 1.165) is 38.7 Å². The summed E-state index contributed by atoms with van der Waals surface area (Å²) in [5.41, 5.74) is 11.9. The largest absolute Gasteiger partial charge is 0.467 e. The molecule has 1 aromatic heterocycles. The molecule has 0 saturated carbocycles. The summed E-state index contributed by atoms with van der Waals surface area (Å²) in [7, 11) is 1.28. The zero-order chi connectivity index (χ0) is 29.5. The highest BCUT2D eigenvalue weighted by molar-refractivity contribution is 5.90. The quantitative estimate of drug-likeness (QED) is 0.148. The van der Waals surface area contributed by atoms with Crippen molar-refractivity contribution < 1.29 is 23.9 Å². The molecule has 9 nitrogen and oxygen atoms in total. The number of alkyl carbamates (subject to hydrolysis) is 1. The minimum absolute atomic E-state index is 0.104. The van der Waals surface area contributed by atoms with E-state index >= 15 is 0 Å². The number of amides is 2. The van der Waals surface area contributed by atoms with E-state index in [-0.39, 0.29) is 18.9 Å². The van der Waals surface area contributed by atoms with E-state index < -0.39 is 30.1 Å². The van der Waals surface area contributed by atoms with Gasteiger partial charge in [-0.25, -0.2) is 9.59 Å². The smallest absolute Gasteiger partial charge is 0.407 e. The van der Waals surface area contributed by atoms with Crippen LogP contribution in [-0.4, -0.2) is 55.3 Å². The number of aromatic amines is 1. The van der Waals surface area contributed by atoms with E-state index in [1.54, 1.807) is 0 Å². The molecule has 0 radical (unpaired) electrons. The van der Waals surface area contributed by atoms with Crippen LogP contribution in [0.15, 0.2) is 79.0 Å². The summed E-state index contributed by atoms with van der Waals surface area (Å²) < 4.78 is 10.7. The SMILES string of the molecule is COC(=O)[C@H](Cc1c[nH]c2ccccc12)NC(=O)C(CCCCN)NC(=O)OCC1c2ccccc2-c2ccccc21. The second-order valence-electron chi connectivity index (χ2n) is 10.5. The summed E-state index contributed by atoms with van der Waals surface area (Å²) in [4.78, 5) is 42.3. The van der Waals surface area contributed by atoms with Crippen LogP contribution in [-0.2, 0) is 25.5 Å². The monoisotopic (exact) mass is 568 g/mol. The highest BCUT2D eigenvalue weighted by Gasteiger charge is 2.31. The summed E-state index contributed by atoms with van der Waals surface area (Å²) in [5, 5.41) is 6.48. The number of carbonyl (C=O) groups excluding carboxylic acids is 3. The fraction of sp³-hybridized carbons (Fsp3) is 0.303. The summed E-state index contributed by atoms with van der Waals surface area (Å²) in [6.07, 6.45) is 2.99. The zero-order valence-electron chi connectivity index (χ0n) is 23.6. The van der Waals surface area contributed by atoms with Gasteiger partial charge in [-0.3, -0.25) is 4.79 Å². The fourth-order valence-corrected chi connectivity index (χ4v) is 5.67. The van der Waals surface area contributed by atoms with E-state index in [4.69, 9.17) is 15.2 Å². The van der Waals surface area contributed by atoms with Crippen LogP contribution in [0.4, 0.5) is 4.79 Å². The standard InChI is InChI=1S/C33H36N4O5/c1-41-32(39)30(18-21-19-35-28-15-7-6-10-22(21)28)36-31(38)29(16-8-9-17-34)37-33(40)42-20-27-25-13-4-2-11-23(25)24-12-3-5-14-26(24)27/h2-7,10-15,19,27,29-30,35H,8-9,16-18,20,34H2,1H3,(H,36,38)(H,37,40)/t29?,30-/m0/s1. The van der Waals surface area contributed by atoms with E-state index in [1.165, 1.54) is 7.11 Å². The van der Waals surface area contributed by atoms with Crippen LogP contribution in [0.25, 0.3) is 22.0 Å². The molecule has 1 aliphatic carbocycles. The van der Waals surface area contributed by atoms with E-state index in [2.05, 4.69) is 27.8 Å². The third-order valence-corrected chi connectivity index (χ3v) is 7.80. The molecular formula is C33H36N4O5. The third kappa shape index (κ3) is 6.31. The highest BCUT2D eigenvalue weighted by Crippen LogP contribution is 2.44. The molecule has 1 unspecified atom stereocenters. The molecule has 218 valence electrons. The van der Waals surface area contributed by atoms with Gasteiger partial charge in [0, 0.05) is 29.4 Å². The molecule has 2 amide bonds. The van der Waals surface area contributed by atoms with Gasteiger partial charge in [0.2, 0.25) is 5.91 Å². The number of carbonyl (C=O) groups is 3. The predicted octanol–water partition coefficient (Wildman–Crippen LogP) is 4.40. The Hall–Kier alpha value is -4.63. The molecular weight excluding hydrogens is 532 g/mol. The second-order valence-corrected chi connectivity index (χ2v) is 10.5. The number of ether oxygens (including phenoxy) is 2. The Morgan fingerprint density at radius 3 is 2.24 bits per heavy atom. The molecule has 1 aliphatic rings. The lowest BCUT2D eigenvalue weighted by Crippen LogP contribution is -2.52. The van der Waals surface area contributed by atoms with Crippen molar-refractivity contribution >= 4 is 28.9 Å². The summed E-state index contributed by atoms with van der Waals surface area (Å²) in [6.45, 7) is 0.590. The molecule has 1 heterocycles. The maximum atomic E-state index is 13.5. The summed E-state index contributed by atoms with van der Waals surface area (Å²) in [6, 6.07) is 22.0. The van der Waals surface area contributed by atoms with Gasteiger partial charge in [0.1, 0.15) is 18.7 Å². The lowest BCUT2D eigenvalue weighted by Gasteiger charge is -2.22. The summed E-state index contributed by atoms with van der Waals surface area (Å²) >= 11 is 0. The maximum absolute atomic E-state index is 13.5. The molecule has 42 heavy (non-hydrogen) atoms. The molecule has 5 rings (SSSR count). The number of rotatable bonds is 12. The molecule has 0 saturated heterocycles. The Bertz CT molecular complexity index is 1520. The van der Waals surface area contributed by atoms with E-state index in [9.17, 15) is 14.4 Å². The van der Waals surface area contributed by atoms with E-state index in [1.807, 2.05) is 66.9 Å². The molecule has 9 heteroatoms. The number of unbranched alkanes of at least 4 members (excludes halogenated alkanes) is 1. The number of nitrogens with two attached hydrogens (primary N) is 1. The topological polar surface area (TPSA) is 136 Å². The Morgan fingerprint density at radius 1 is 0.881 bits per heavy atom. The van der Waals surface area contributed by atoms with Gasteiger partial charge in [0.15, 0.2) is 0 Å². The molecule has 2 atom stereocenters.